The molecule has 1 aromatic carbocycles. The highest BCUT2D eigenvalue weighted by molar-refractivity contribution is 9.10. The number of amides is 1. The second-order valence-corrected chi connectivity index (χ2v) is 6.73. The van der Waals surface area contributed by atoms with Crippen LogP contribution in [0, 0.1) is 0 Å². The zero-order chi connectivity index (χ0) is 13.4. The van der Waals surface area contributed by atoms with E-state index in [9.17, 15) is 4.79 Å². The first-order chi connectivity index (χ1) is 9.11. The van der Waals surface area contributed by atoms with Crippen LogP contribution in [-0.4, -0.2) is 24.0 Å². The van der Waals surface area contributed by atoms with Crippen LogP contribution in [0.4, 0.5) is 0 Å². The second kappa shape index (κ2) is 5.43. The Bertz CT molecular complexity index is 496. The van der Waals surface area contributed by atoms with Crippen LogP contribution in [0.5, 0.6) is 0 Å². The van der Waals surface area contributed by atoms with Crippen molar-refractivity contribution in [2.24, 2.45) is 0 Å². The topological polar surface area (TPSA) is 41.1 Å². The van der Waals surface area contributed by atoms with Crippen molar-refractivity contribution in [1.29, 1.82) is 0 Å². The van der Waals surface area contributed by atoms with E-state index in [4.69, 9.17) is 11.6 Å². The van der Waals surface area contributed by atoms with E-state index < -0.39 is 0 Å². The molecule has 2 unspecified atom stereocenters. The molecule has 3 rings (SSSR count). The molecule has 2 aliphatic heterocycles. The largest absolute Gasteiger partial charge is 0.349 e. The minimum absolute atomic E-state index is 0.0717. The number of hydrogen-bond acceptors (Lipinski definition) is 2. The summed E-state index contributed by atoms with van der Waals surface area (Å²) in [6, 6.07) is 6.76. The number of carbonyl (C=O) groups excluding carboxylic acids is 1. The summed E-state index contributed by atoms with van der Waals surface area (Å²) < 4.78 is 0.868. The van der Waals surface area contributed by atoms with Crippen LogP contribution < -0.4 is 10.6 Å². The van der Waals surface area contributed by atoms with Gasteiger partial charge in [-0.05, 0) is 43.9 Å². The maximum Gasteiger partial charge on any atom is 0.253 e. The van der Waals surface area contributed by atoms with Crippen LogP contribution in [0.1, 0.15) is 36.0 Å². The minimum atomic E-state index is -0.0717. The Kier molecular flexibility index (Phi) is 3.83. The average Bonchev–Trinajstić information content (AvgIpc) is 2.71. The first-order valence-electron chi connectivity index (χ1n) is 6.64. The van der Waals surface area contributed by atoms with Gasteiger partial charge in [0.2, 0.25) is 0 Å². The average molecular weight is 344 g/mol. The smallest absolute Gasteiger partial charge is 0.253 e. The Hall–Kier alpha value is -0.580. The van der Waals surface area contributed by atoms with Gasteiger partial charge in [0.1, 0.15) is 0 Å². The molecule has 1 aromatic rings. The van der Waals surface area contributed by atoms with Crippen LogP contribution in [-0.2, 0) is 0 Å². The van der Waals surface area contributed by atoms with E-state index in [1.54, 1.807) is 12.1 Å². The van der Waals surface area contributed by atoms with Gasteiger partial charge >= 0.3 is 0 Å². The van der Waals surface area contributed by atoms with Gasteiger partial charge in [0.25, 0.3) is 5.91 Å². The van der Waals surface area contributed by atoms with Gasteiger partial charge in [-0.1, -0.05) is 27.5 Å². The van der Waals surface area contributed by atoms with Crippen molar-refractivity contribution in [2.45, 2.75) is 43.8 Å². The SMILES string of the molecule is O=C(NC1CC2CCC(C1)N2)c1cc(Br)ccc1Cl. The number of halogens is 2. The van der Waals surface area contributed by atoms with Crippen molar-refractivity contribution >= 4 is 33.4 Å². The quantitative estimate of drug-likeness (QED) is 0.866. The van der Waals surface area contributed by atoms with Gasteiger partial charge in [-0.15, -0.1) is 0 Å². The molecule has 2 saturated heterocycles. The van der Waals surface area contributed by atoms with Gasteiger partial charge in [-0.25, -0.2) is 0 Å². The van der Waals surface area contributed by atoms with E-state index in [0.29, 0.717) is 22.7 Å². The number of hydrogen-bond donors (Lipinski definition) is 2. The molecule has 0 aliphatic carbocycles. The zero-order valence-electron chi connectivity index (χ0n) is 10.5. The predicted molar refractivity (Wildman–Crippen MR) is 79.6 cm³/mol. The number of rotatable bonds is 2. The van der Waals surface area contributed by atoms with E-state index in [2.05, 4.69) is 26.6 Å². The lowest BCUT2D eigenvalue weighted by Crippen LogP contribution is -2.48. The molecule has 0 spiro atoms. The fraction of sp³-hybridized carbons (Fsp3) is 0.500. The Morgan fingerprint density at radius 1 is 1.32 bits per heavy atom. The Labute approximate surface area is 126 Å². The van der Waals surface area contributed by atoms with Crippen LogP contribution in [0.25, 0.3) is 0 Å². The molecule has 3 nitrogen and oxygen atoms in total. The molecule has 5 heteroatoms. The summed E-state index contributed by atoms with van der Waals surface area (Å²) in [5.41, 5.74) is 0.543. The Morgan fingerprint density at radius 2 is 2.00 bits per heavy atom. The van der Waals surface area contributed by atoms with Crippen molar-refractivity contribution in [3.8, 4) is 0 Å². The number of carbonyl (C=O) groups is 1. The van der Waals surface area contributed by atoms with Gasteiger partial charge in [0, 0.05) is 22.6 Å². The van der Waals surface area contributed by atoms with Crippen LogP contribution >= 0.6 is 27.5 Å². The van der Waals surface area contributed by atoms with Crippen molar-refractivity contribution in [3.63, 3.8) is 0 Å². The van der Waals surface area contributed by atoms with E-state index in [0.717, 1.165) is 17.3 Å². The summed E-state index contributed by atoms with van der Waals surface area (Å²) in [6.45, 7) is 0. The van der Waals surface area contributed by atoms with Crippen molar-refractivity contribution in [2.75, 3.05) is 0 Å². The predicted octanol–water partition coefficient (Wildman–Crippen LogP) is 3.12. The summed E-state index contributed by atoms with van der Waals surface area (Å²) in [5, 5.41) is 7.19. The van der Waals surface area contributed by atoms with Crippen LogP contribution in [0.3, 0.4) is 0 Å². The zero-order valence-corrected chi connectivity index (χ0v) is 12.8. The normalized spacial score (nSPS) is 29.3. The lowest BCUT2D eigenvalue weighted by atomic mass is 9.99. The summed E-state index contributed by atoms with van der Waals surface area (Å²) in [7, 11) is 0. The highest BCUT2D eigenvalue weighted by Gasteiger charge is 2.34. The molecule has 2 aliphatic rings. The lowest BCUT2D eigenvalue weighted by molar-refractivity contribution is 0.0924. The van der Waals surface area contributed by atoms with E-state index in [1.807, 2.05) is 6.07 Å². The van der Waals surface area contributed by atoms with Crippen molar-refractivity contribution in [3.05, 3.63) is 33.3 Å². The molecule has 0 radical (unpaired) electrons. The Morgan fingerprint density at radius 3 is 2.68 bits per heavy atom. The minimum Gasteiger partial charge on any atom is -0.349 e. The second-order valence-electron chi connectivity index (χ2n) is 5.40. The summed E-state index contributed by atoms with van der Waals surface area (Å²) in [4.78, 5) is 12.3. The third-order valence-corrected chi connectivity index (χ3v) is 4.80. The van der Waals surface area contributed by atoms with Gasteiger partial charge < -0.3 is 10.6 Å². The monoisotopic (exact) mass is 342 g/mol. The van der Waals surface area contributed by atoms with Gasteiger partial charge in [0.05, 0.1) is 10.6 Å². The molecule has 19 heavy (non-hydrogen) atoms. The fourth-order valence-corrected chi connectivity index (χ4v) is 3.67. The highest BCUT2D eigenvalue weighted by atomic mass is 79.9. The lowest BCUT2D eigenvalue weighted by Gasteiger charge is -2.29. The van der Waals surface area contributed by atoms with Crippen LogP contribution in [0.2, 0.25) is 5.02 Å². The molecule has 0 saturated carbocycles. The van der Waals surface area contributed by atoms with Gasteiger partial charge in [-0.3, -0.25) is 4.79 Å². The van der Waals surface area contributed by atoms with Gasteiger partial charge in [-0.2, -0.15) is 0 Å². The summed E-state index contributed by atoms with van der Waals surface area (Å²) in [6.07, 6.45) is 4.51. The number of fused-ring (bicyclic) bond motifs is 2. The van der Waals surface area contributed by atoms with E-state index >= 15 is 0 Å². The fourth-order valence-electron chi connectivity index (χ4n) is 3.11. The molecule has 2 fully saturated rings. The molecule has 1 amide bonds. The molecular weight excluding hydrogens is 328 g/mol. The third-order valence-electron chi connectivity index (χ3n) is 3.98. The summed E-state index contributed by atoms with van der Waals surface area (Å²) in [5.74, 6) is -0.0717. The molecule has 102 valence electrons. The molecular formula is C14H16BrClN2O. The maximum atomic E-state index is 12.3. The first kappa shape index (κ1) is 13.4. The van der Waals surface area contributed by atoms with Gasteiger partial charge in [0.15, 0.2) is 0 Å². The first-order valence-corrected chi connectivity index (χ1v) is 7.81. The van der Waals surface area contributed by atoms with Crippen LogP contribution in [0.15, 0.2) is 22.7 Å². The highest BCUT2D eigenvalue weighted by Crippen LogP contribution is 2.27. The van der Waals surface area contributed by atoms with Crippen molar-refractivity contribution < 1.29 is 4.79 Å². The maximum absolute atomic E-state index is 12.3. The number of piperidine rings is 1. The number of benzene rings is 1. The molecule has 0 aromatic heterocycles. The molecule has 2 atom stereocenters. The van der Waals surface area contributed by atoms with E-state index in [-0.39, 0.29) is 11.9 Å². The summed E-state index contributed by atoms with van der Waals surface area (Å²) >= 11 is 9.45. The van der Waals surface area contributed by atoms with Crippen molar-refractivity contribution in [1.82, 2.24) is 10.6 Å². The Balaban J connectivity index is 1.69. The third kappa shape index (κ3) is 2.96. The molecule has 2 N–H and O–H groups in total. The number of nitrogens with one attached hydrogen (secondary N) is 2. The molecule has 2 heterocycles. The molecule has 2 bridgehead atoms. The standard InChI is InChI=1S/C14H16BrClN2O/c15-8-1-4-13(16)12(5-8)14(19)18-11-6-9-2-3-10(7-11)17-9/h1,4-5,9-11,17H,2-3,6-7H2,(H,18,19). The van der Waals surface area contributed by atoms with E-state index in [1.165, 1.54) is 12.8 Å².